The molecule has 0 aromatic carbocycles. The second-order valence-corrected chi connectivity index (χ2v) is 1.77. The highest BCUT2D eigenvalue weighted by Gasteiger charge is 1.94. The van der Waals surface area contributed by atoms with Crippen LogP contribution in [-0.4, -0.2) is 19.2 Å². The van der Waals surface area contributed by atoms with Crippen LogP contribution in [0.1, 0.15) is 17.4 Å². The van der Waals surface area contributed by atoms with Gasteiger partial charge < -0.3 is 0 Å². The Bertz CT molecular complexity index is 210. The number of nitrogens with zero attached hydrogens (tertiary/aromatic N) is 1. The first-order chi connectivity index (χ1) is 4.30. The number of carbonyl (C=O) groups excluding carboxylic acids is 1. The first kappa shape index (κ1) is 8.88. The standard InChI is InChI=1S/C7H7NO.B/c1-6(9)7-4-2-3-5-8-7;/h2-5H,1H3;. The van der Waals surface area contributed by atoms with Gasteiger partial charge in [0.25, 0.3) is 0 Å². The van der Waals surface area contributed by atoms with Crippen LogP contribution in [-0.2, 0) is 0 Å². The lowest BCUT2D eigenvalue weighted by atomic mass is 10.3. The van der Waals surface area contributed by atoms with Gasteiger partial charge in [0.2, 0.25) is 0 Å². The molecule has 3 radical (unpaired) electrons. The Morgan fingerprint density at radius 2 is 2.20 bits per heavy atom. The summed E-state index contributed by atoms with van der Waals surface area (Å²) in [5, 5.41) is 0. The van der Waals surface area contributed by atoms with E-state index in [0.29, 0.717) is 5.69 Å². The third-order valence-electron chi connectivity index (χ3n) is 1.03. The highest BCUT2D eigenvalue weighted by atomic mass is 16.1. The SMILES string of the molecule is CC(=O)c1ccccn1.[B]. The molecule has 1 heterocycles. The fraction of sp³-hybridized carbons (Fsp3) is 0.143. The average molecular weight is 132 g/mol. The Labute approximate surface area is 61.9 Å². The molecule has 0 fully saturated rings. The second kappa shape index (κ2) is 3.83. The molecule has 0 saturated carbocycles. The number of rotatable bonds is 1. The Balaban J connectivity index is 0.000000810. The van der Waals surface area contributed by atoms with Gasteiger partial charge in [0, 0.05) is 21.5 Å². The molecule has 0 bridgehead atoms. The molecule has 0 aliphatic heterocycles. The number of Topliss-reactive ketones (excluding diaryl/α,β-unsaturated/α-hetero) is 1. The van der Waals surface area contributed by atoms with Gasteiger partial charge in [0.1, 0.15) is 5.69 Å². The summed E-state index contributed by atoms with van der Waals surface area (Å²) in [5.74, 6) is 0.00981. The second-order valence-electron chi connectivity index (χ2n) is 1.77. The summed E-state index contributed by atoms with van der Waals surface area (Å²) < 4.78 is 0. The number of aromatic nitrogens is 1. The van der Waals surface area contributed by atoms with Crippen molar-refractivity contribution in [3.05, 3.63) is 30.1 Å². The summed E-state index contributed by atoms with van der Waals surface area (Å²) in [6.45, 7) is 1.50. The third kappa shape index (κ3) is 2.01. The van der Waals surface area contributed by atoms with Crippen molar-refractivity contribution in [2.75, 3.05) is 0 Å². The van der Waals surface area contributed by atoms with Crippen molar-refractivity contribution in [2.45, 2.75) is 6.92 Å². The van der Waals surface area contributed by atoms with Crippen LogP contribution in [0, 0.1) is 0 Å². The molecule has 3 heteroatoms. The molecular formula is C7H7BNO. The monoisotopic (exact) mass is 132 g/mol. The first-order valence-corrected chi connectivity index (χ1v) is 2.72. The number of pyridine rings is 1. The molecule has 1 rings (SSSR count). The smallest absolute Gasteiger partial charge is 0.178 e. The number of carbonyl (C=O) groups is 1. The van der Waals surface area contributed by atoms with Crippen molar-refractivity contribution >= 4 is 14.2 Å². The minimum atomic E-state index is 0. The number of hydrogen-bond acceptors (Lipinski definition) is 2. The maximum atomic E-state index is 10.6. The van der Waals surface area contributed by atoms with Gasteiger partial charge in [-0.1, -0.05) is 6.07 Å². The molecule has 0 N–H and O–H groups in total. The summed E-state index contributed by atoms with van der Waals surface area (Å²) in [7, 11) is 0. The number of hydrogen-bond donors (Lipinski definition) is 0. The van der Waals surface area contributed by atoms with Gasteiger partial charge in [-0.05, 0) is 12.1 Å². The van der Waals surface area contributed by atoms with Gasteiger partial charge in [0.05, 0.1) is 0 Å². The Hall–Kier alpha value is -1.12. The fourth-order valence-corrected chi connectivity index (χ4v) is 0.571. The topological polar surface area (TPSA) is 30.0 Å². The van der Waals surface area contributed by atoms with Crippen LogP contribution >= 0.6 is 0 Å². The van der Waals surface area contributed by atoms with Crippen molar-refractivity contribution in [1.29, 1.82) is 0 Å². The highest BCUT2D eigenvalue weighted by Crippen LogP contribution is 1.92. The minimum absolute atomic E-state index is 0. The Kier molecular flexibility index (Phi) is 3.40. The van der Waals surface area contributed by atoms with Crippen LogP contribution in [0.5, 0.6) is 0 Å². The van der Waals surface area contributed by atoms with Crippen molar-refractivity contribution in [1.82, 2.24) is 4.98 Å². The van der Waals surface area contributed by atoms with E-state index in [2.05, 4.69) is 4.98 Å². The van der Waals surface area contributed by atoms with Crippen LogP contribution < -0.4 is 0 Å². The zero-order valence-electron chi connectivity index (χ0n) is 5.74. The Morgan fingerprint density at radius 3 is 2.50 bits per heavy atom. The molecule has 0 aliphatic rings. The van der Waals surface area contributed by atoms with E-state index in [1.54, 1.807) is 24.4 Å². The summed E-state index contributed by atoms with van der Waals surface area (Å²) in [5.41, 5.74) is 0.525. The predicted octanol–water partition coefficient (Wildman–Crippen LogP) is 0.903. The average Bonchev–Trinajstić information content (AvgIpc) is 1.90. The van der Waals surface area contributed by atoms with Crippen molar-refractivity contribution < 1.29 is 4.79 Å². The highest BCUT2D eigenvalue weighted by molar-refractivity contribution is 5.91. The van der Waals surface area contributed by atoms with E-state index in [-0.39, 0.29) is 14.2 Å². The zero-order chi connectivity index (χ0) is 6.69. The lowest BCUT2D eigenvalue weighted by molar-refractivity contribution is 0.101. The molecule has 0 unspecified atom stereocenters. The largest absolute Gasteiger partial charge is 0.293 e. The molecule has 0 atom stereocenters. The van der Waals surface area contributed by atoms with Gasteiger partial charge in [-0.3, -0.25) is 9.78 Å². The molecule has 2 nitrogen and oxygen atoms in total. The van der Waals surface area contributed by atoms with E-state index in [1.807, 2.05) is 0 Å². The molecule has 0 aliphatic carbocycles. The van der Waals surface area contributed by atoms with Crippen LogP contribution in [0.4, 0.5) is 0 Å². The van der Waals surface area contributed by atoms with E-state index >= 15 is 0 Å². The van der Waals surface area contributed by atoms with Gasteiger partial charge in [-0.2, -0.15) is 0 Å². The summed E-state index contributed by atoms with van der Waals surface area (Å²) in [6, 6.07) is 5.28. The van der Waals surface area contributed by atoms with E-state index in [0.717, 1.165) is 0 Å². The summed E-state index contributed by atoms with van der Waals surface area (Å²) in [6.07, 6.45) is 1.61. The van der Waals surface area contributed by atoms with Gasteiger partial charge in [0.15, 0.2) is 5.78 Å². The molecule has 1 aromatic rings. The maximum absolute atomic E-state index is 10.6. The molecule has 1 aromatic heterocycles. The van der Waals surface area contributed by atoms with Crippen LogP contribution in [0.25, 0.3) is 0 Å². The lowest BCUT2D eigenvalue weighted by Crippen LogP contribution is -1.93. The van der Waals surface area contributed by atoms with E-state index in [9.17, 15) is 4.79 Å². The minimum Gasteiger partial charge on any atom is -0.293 e. The van der Waals surface area contributed by atoms with E-state index in [1.165, 1.54) is 6.92 Å². The molecule has 49 valence electrons. The molecule has 0 amide bonds. The van der Waals surface area contributed by atoms with Crippen LogP contribution in [0.15, 0.2) is 24.4 Å². The molecule has 10 heavy (non-hydrogen) atoms. The number of ketones is 1. The van der Waals surface area contributed by atoms with Crippen molar-refractivity contribution in [3.8, 4) is 0 Å². The zero-order valence-corrected chi connectivity index (χ0v) is 5.74. The van der Waals surface area contributed by atoms with Gasteiger partial charge >= 0.3 is 0 Å². The molecule has 0 spiro atoms. The first-order valence-electron chi connectivity index (χ1n) is 2.72. The summed E-state index contributed by atoms with van der Waals surface area (Å²) >= 11 is 0. The van der Waals surface area contributed by atoms with Crippen LogP contribution in [0.2, 0.25) is 0 Å². The van der Waals surface area contributed by atoms with Gasteiger partial charge in [-0.15, -0.1) is 0 Å². The van der Waals surface area contributed by atoms with E-state index in [4.69, 9.17) is 0 Å². The Morgan fingerprint density at radius 1 is 1.50 bits per heavy atom. The van der Waals surface area contributed by atoms with Gasteiger partial charge in [-0.25, -0.2) is 0 Å². The van der Waals surface area contributed by atoms with E-state index < -0.39 is 0 Å². The molecule has 0 saturated heterocycles. The normalized spacial score (nSPS) is 8.10. The summed E-state index contributed by atoms with van der Waals surface area (Å²) in [4.78, 5) is 14.4. The third-order valence-corrected chi connectivity index (χ3v) is 1.03. The quantitative estimate of drug-likeness (QED) is 0.419. The van der Waals surface area contributed by atoms with Crippen molar-refractivity contribution in [2.24, 2.45) is 0 Å². The maximum Gasteiger partial charge on any atom is 0.178 e. The fourth-order valence-electron chi connectivity index (χ4n) is 0.571. The van der Waals surface area contributed by atoms with Crippen LogP contribution in [0.3, 0.4) is 0 Å². The predicted molar refractivity (Wildman–Crippen MR) is 40.0 cm³/mol. The lowest BCUT2D eigenvalue weighted by Gasteiger charge is -1.88. The molecular weight excluding hydrogens is 125 g/mol. The van der Waals surface area contributed by atoms with Crippen molar-refractivity contribution in [3.63, 3.8) is 0 Å².